The van der Waals surface area contributed by atoms with E-state index < -0.39 is 0 Å². The first-order valence-corrected chi connectivity index (χ1v) is 8.10. The molecule has 0 fully saturated rings. The highest BCUT2D eigenvalue weighted by molar-refractivity contribution is 7.09. The van der Waals surface area contributed by atoms with Crippen LogP contribution < -0.4 is 5.32 Å². The first-order chi connectivity index (χ1) is 9.38. The van der Waals surface area contributed by atoms with Crippen LogP contribution in [0.1, 0.15) is 35.3 Å². The zero-order valence-corrected chi connectivity index (χ0v) is 12.2. The van der Waals surface area contributed by atoms with E-state index in [1.807, 2.05) is 11.3 Å². The minimum Gasteiger partial charge on any atom is -0.313 e. The predicted octanol–water partition coefficient (Wildman–Crippen LogP) is 4.00. The molecule has 1 aromatic heterocycles. The number of benzene rings is 1. The summed E-state index contributed by atoms with van der Waals surface area (Å²) in [6.45, 7) is 3.36. The van der Waals surface area contributed by atoms with E-state index in [1.54, 1.807) is 11.1 Å². The van der Waals surface area contributed by atoms with E-state index >= 15 is 0 Å². The summed E-state index contributed by atoms with van der Waals surface area (Å²) >= 11 is 1.88. The van der Waals surface area contributed by atoms with Gasteiger partial charge >= 0.3 is 0 Å². The summed E-state index contributed by atoms with van der Waals surface area (Å²) in [7, 11) is 0. The molecule has 1 N–H and O–H groups in total. The van der Waals surface area contributed by atoms with Gasteiger partial charge in [0.05, 0.1) is 0 Å². The molecule has 1 aliphatic carbocycles. The van der Waals surface area contributed by atoms with Crippen molar-refractivity contribution in [3.8, 4) is 0 Å². The molecule has 1 heterocycles. The van der Waals surface area contributed by atoms with Crippen LogP contribution in [0.25, 0.3) is 0 Å². The van der Waals surface area contributed by atoms with Crippen LogP contribution in [0, 0.1) is 0 Å². The lowest BCUT2D eigenvalue weighted by Gasteiger charge is -2.37. The molecule has 2 unspecified atom stereocenters. The third-order valence-corrected chi connectivity index (χ3v) is 4.94. The van der Waals surface area contributed by atoms with Gasteiger partial charge in [0.1, 0.15) is 0 Å². The Bertz CT molecular complexity index is 518. The fourth-order valence-electron chi connectivity index (χ4n) is 2.99. The van der Waals surface area contributed by atoms with Crippen molar-refractivity contribution in [3.63, 3.8) is 0 Å². The molecule has 1 nitrogen and oxygen atoms in total. The van der Waals surface area contributed by atoms with E-state index in [9.17, 15) is 0 Å². The van der Waals surface area contributed by atoms with Crippen molar-refractivity contribution in [3.05, 3.63) is 57.8 Å². The lowest BCUT2D eigenvalue weighted by Crippen LogP contribution is -2.41. The van der Waals surface area contributed by atoms with Gasteiger partial charge in [0.15, 0.2) is 0 Å². The van der Waals surface area contributed by atoms with Crippen molar-refractivity contribution < 1.29 is 0 Å². The summed E-state index contributed by atoms with van der Waals surface area (Å²) in [4.78, 5) is 1.50. The predicted molar refractivity (Wildman–Crippen MR) is 83.0 cm³/mol. The van der Waals surface area contributed by atoms with E-state index in [0.717, 1.165) is 13.0 Å². The Balaban J connectivity index is 1.73. The second-order valence-corrected chi connectivity index (χ2v) is 6.39. The molecule has 0 saturated heterocycles. The second kappa shape index (κ2) is 5.89. The standard InChI is InChI=1S/C17H21NS/c1-2-9-18-17(12-14-7-5-10-19-14)16-11-13-6-3-4-8-15(13)16/h3-8,10,16-18H,2,9,11-12H2,1H3. The van der Waals surface area contributed by atoms with Gasteiger partial charge in [-0.05, 0) is 48.4 Å². The molecule has 0 aliphatic heterocycles. The molecule has 3 rings (SSSR count). The Morgan fingerprint density at radius 3 is 2.89 bits per heavy atom. The van der Waals surface area contributed by atoms with Gasteiger partial charge in [-0.3, -0.25) is 0 Å². The van der Waals surface area contributed by atoms with Gasteiger partial charge in [0.25, 0.3) is 0 Å². The van der Waals surface area contributed by atoms with Gasteiger partial charge < -0.3 is 5.32 Å². The summed E-state index contributed by atoms with van der Waals surface area (Å²) in [6.07, 6.45) is 3.61. The van der Waals surface area contributed by atoms with E-state index in [1.165, 1.54) is 17.7 Å². The molecule has 100 valence electrons. The van der Waals surface area contributed by atoms with E-state index in [-0.39, 0.29) is 0 Å². The highest BCUT2D eigenvalue weighted by atomic mass is 32.1. The van der Waals surface area contributed by atoms with Crippen molar-refractivity contribution in [2.24, 2.45) is 0 Å². The van der Waals surface area contributed by atoms with Crippen molar-refractivity contribution >= 4 is 11.3 Å². The molecule has 0 spiro atoms. The zero-order valence-electron chi connectivity index (χ0n) is 11.4. The minimum absolute atomic E-state index is 0.591. The molecule has 19 heavy (non-hydrogen) atoms. The molecule has 2 heteroatoms. The van der Waals surface area contributed by atoms with Gasteiger partial charge in [-0.15, -0.1) is 11.3 Å². The van der Waals surface area contributed by atoms with E-state index in [4.69, 9.17) is 0 Å². The molecule has 0 bridgehead atoms. The average Bonchev–Trinajstić information content (AvgIpc) is 2.90. The fourth-order valence-corrected chi connectivity index (χ4v) is 3.75. The SMILES string of the molecule is CCCNC(Cc1cccs1)C1Cc2ccccc21. The Morgan fingerprint density at radius 1 is 1.26 bits per heavy atom. The molecule has 2 atom stereocenters. The maximum atomic E-state index is 3.76. The Hall–Kier alpha value is -1.12. The lowest BCUT2D eigenvalue weighted by molar-refractivity contribution is 0.399. The monoisotopic (exact) mass is 271 g/mol. The highest BCUT2D eigenvalue weighted by Crippen LogP contribution is 2.38. The third kappa shape index (κ3) is 2.75. The summed E-state index contributed by atoms with van der Waals surface area (Å²) < 4.78 is 0. The van der Waals surface area contributed by atoms with Gasteiger partial charge in [-0.2, -0.15) is 0 Å². The van der Waals surface area contributed by atoms with Crippen LogP contribution in [0.2, 0.25) is 0 Å². The van der Waals surface area contributed by atoms with E-state index in [0.29, 0.717) is 12.0 Å². The first-order valence-electron chi connectivity index (χ1n) is 7.22. The summed E-state index contributed by atoms with van der Waals surface area (Å²) in [5.74, 6) is 0.699. The number of fused-ring (bicyclic) bond motifs is 1. The van der Waals surface area contributed by atoms with Crippen LogP contribution in [-0.4, -0.2) is 12.6 Å². The third-order valence-electron chi connectivity index (χ3n) is 4.04. The van der Waals surface area contributed by atoms with Crippen molar-refractivity contribution in [1.82, 2.24) is 5.32 Å². The highest BCUT2D eigenvalue weighted by Gasteiger charge is 2.32. The zero-order chi connectivity index (χ0) is 13.1. The summed E-state index contributed by atoms with van der Waals surface area (Å²) in [6, 6.07) is 13.9. The number of hydrogen-bond acceptors (Lipinski definition) is 2. The molecule has 0 amide bonds. The topological polar surface area (TPSA) is 12.0 Å². The van der Waals surface area contributed by atoms with E-state index in [2.05, 4.69) is 54.0 Å². The maximum Gasteiger partial charge on any atom is 0.0187 e. The van der Waals surface area contributed by atoms with Crippen LogP contribution in [0.4, 0.5) is 0 Å². The number of rotatable bonds is 6. The Labute approximate surface area is 119 Å². The summed E-state index contributed by atoms with van der Waals surface area (Å²) in [5, 5.41) is 5.94. The quantitative estimate of drug-likeness (QED) is 0.837. The van der Waals surface area contributed by atoms with Crippen molar-refractivity contribution in [1.29, 1.82) is 0 Å². The fraction of sp³-hybridized carbons (Fsp3) is 0.412. The lowest BCUT2D eigenvalue weighted by atomic mass is 9.72. The molecular weight excluding hydrogens is 250 g/mol. The molecule has 0 radical (unpaired) electrons. The van der Waals surface area contributed by atoms with Crippen molar-refractivity contribution in [2.75, 3.05) is 6.54 Å². The molecule has 0 saturated carbocycles. The summed E-state index contributed by atoms with van der Waals surface area (Å²) in [5.41, 5.74) is 3.11. The molecule has 1 aromatic carbocycles. The van der Waals surface area contributed by atoms with Crippen LogP contribution in [0.5, 0.6) is 0 Å². The molecule has 2 aromatic rings. The van der Waals surface area contributed by atoms with Gasteiger partial charge in [-0.25, -0.2) is 0 Å². The number of nitrogens with one attached hydrogen (secondary N) is 1. The largest absolute Gasteiger partial charge is 0.313 e. The Morgan fingerprint density at radius 2 is 2.16 bits per heavy atom. The molecule has 1 aliphatic rings. The maximum absolute atomic E-state index is 3.76. The smallest absolute Gasteiger partial charge is 0.0187 e. The Kier molecular flexibility index (Phi) is 4.00. The average molecular weight is 271 g/mol. The minimum atomic E-state index is 0.591. The second-order valence-electron chi connectivity index (χ2n) is 5.35. The number of hydrogen-bond donors (Lipinski definition) is 1. The van der Waals surface area contributed by atoms with Gasteiger partial charge in [-0.1, -0.05) is 37.3 Å². The van der Waals surface area contributed by atoms with Crippen LogP contribution in [-0.2, 0) is 12.8 Å². The van der Waals surface area contributed by atoms with Crippen LogP contribution >= 0.6 is 11.3 Å². The van der Waals surface area contributed by atoms with Gasteiger partial charge in [0.2, 0.25) is 0 Å². The number of thiophene rings is 1. The normalized spacial score (nSPS) is 18.7. The van der Waals surface area contributed by atoms with Crippen LogP contribution in [0.3, 0.4) is 0 Å². The van der Waals surface area contributed by atoms with Crippen molar-refractivity contribution in [2.45, 2.75) is 38.1 Å². The first kappa shape index (κ1) is 12.9. The van der Waals surface area contributed by atoms with Gasteiger partial charge in [0, 0.05) is 16.8 Å². The molecular formula is C17H21NS. The van der Waals surface area contributed by atoms with Crippen LogP contribution in [0.15, 0.2) is 41.8 Å².